The number of thiophene rings is 1. The van der Waals surface area contributed by atoms with Crippen LogP contribution >= 0.6 is 23.1 Å². The predicted octanol–water partition coefficient (Wildman–Crippen LogP) is 4.52. The molecule has 6 nitrogen and oxygen atoms in total. The molecular formula is C24H29N3O3S2. The van der Waals surface area contributed by atoms with Gasteiger partial charge in [-0.3, -0.25) is 14.2 Å². The Morgan fingerprint density at radius 2 is 2.03 bits per heavy atom. The second-order valence-electron chi connectivity index (χ2n) is 7.91. The summed E-state index contributed by atoms with van der Waals surface area (Å²) in [5.41, 5.74) is 2.05. The van der Waals surface area contributed by atoms with Crippen LogP contribution in [0.15, 0.2) is 40.3 Å². The summed E-state index contributed by atoms with van der Waals surface area (Å²) < 4.78 is 6.95. The first-order chi connectivity index (χ1) is 15.5. The van der Waals surface area contributed by atoms with E-state index in [1.807, 2.05) is 44.2 Å². The van der Waals surface area contributed by atoms with Gasteiger partial charge in [-0.25, -0.2) is 4.98 Å². The highest BCUT2D eigenvalue weighted by Gasteiger charge is 2.26. The first-order valence-corrected chi connectivity index (χ1v) is 12.8. The van der Waals surface area contributed by atoms with Gasteiger partial charge >= 0.3 is 0 Å². The number of aryl methyl sites for hydroxylation is 2. The number of carbonyl (C=O) groups excluding carboxylic acids is 1. The highest BCUT2D eigenvalue weighted by atomic mass is 32.2. The largest absolute Gasteiger partial charge is 0.383 e. The second-order valence-corrected chi connectivity index (χ2v) is 10.3. The number of amides is 1. The number of methoxy groups -OCH3 is 1. The van der Waals surface area contributed by atoms with E-state index in [0.717, 1.165) is 41.6 Å². The Kier molecular flexibility index (Phi) is 7.33. The molecule has 1 aliphatic carbocycles. The molecule has 32 heavy (non-hydrogen) atoms. The zero-order valence-electron chi connectivity index (χ0n) is 18.8. The summed E-state index contributed by atoms with van der Waals surface area (Å²) >= 11 is 2.99. The van der Waals surface area contributed by atoms with Gasteiger partial charge in [-0.15, -0.1) is 11.3 Å². The molecule has 1 aliphatic rings. The monoisotopic (exact) mass is 471 g/mol. The van der Waals surface area contributed by atoms with E-state index in [0.29, 0.717) is 24.9 Å². The fourth-order valence-corrected chi connectivity index (χ4v) is 6.49. The maximum Gasteiger partial charge on any atom is 0.263 e. The van der Waals surface area contributed by atoms with Crippen LogP contribution in [0.1, 0.15) is 37.1 Å². The lowest BCUT2D eigenvalue weighted by Crippen LogP contribution is -2.37. The number of aromatic nitrogens is 2. The number of fused-ring (bicyclic) bond motifs is 3. The zero-order valence-corrected chi connectivity index (χ0v) is 20.4. The number of hydrogen-bond donors (Lipinski definition) is 0. The number of hydrogen-bond acceptors (Lipinski definition) is 6. The average Bonchev–Trinajstić information content (AvgIpc) is 3.18. The van der Waals surface area contributed by atoms with Crippen LogP contribution in [0.2, 0.25) is 0 Å². The van der Waals surface area contributed by atoms with Crippen molar-refractivity contribution in [3.8, 4) is 0 Å². The summed E-state index contributed by atoms with van der Waals surface area (Å²) in [5, 5.41) is 0.967. The third kappa shape index (κ3) is 4.49. The zero-order chi connectivity index (χ0) is 22.7. The quantitative estimate of drug-likeness (QED) is 0.357. The molecule has 0 spiro atoms. The standard InChI is InChI=1S/C24H29N3O3S2/c1-4-26(17-10-6-5-7-11-17)22(28)16(2)31-24-25-21-20(23(29)27(24)14-15-30-3)18-12-8-9-13-19(18)32-21/h5-7,10-11,16H,4,8-9,12-15H2,1-3H3/t16-/m0/s1. The molecular weight excluding hydrogens is 442 g/mol. The van der Waals surface area contributed by atoms with Gasteiger partial charge in [0.05, 0.1) is 23.8 Å². The minimum Gasteiger partial charge on any atom is -0.383 e. The van der Waals surface area contributed by atoms with Crippen LogP contribution in [0.25, 0.3) is 10.2 Å². The topological polar surface area (TPSA) is 64.4 Å². The molecule has 0 aliphatic heterocycles. The Bertz CT molecular complexity index is 1160. The van der Waals surface area contributed by atoms with E-state index in [2.05, 4.69) is 0 Å². The molecule has 0 saturated heterocycles. The third-order valence-electron chi connectivity index (χ3n) is 5.84. The number of para-hydroxylation sites is 1. The van der Waals surface area contributed by atoms with Crippen LogP contribution in [0.5, 0.6) is 0 Å². The minimum absolute atomic E-state index is 0.00168. The van der Waals surface area contributed by atoms with E-state index in [1.165, 1.54) is 22.2 Å². The number of carbonyl (C=O) groups is 1. The molecule has 1 aromatic carbocycles. The van der Waals surface area contributed by atoms with Crippen LogP contribution in [-0.2, 0) is 28.9 Å². The first kappa shape index (κ1) is 23.0. The summed E-state index contributed by atoms with van der Waals surface area (Å²) in [4.78, 5) is 35.6. The molecule has 0 unspecified atom stereocenters. The number of nitrogens with zero attached hydrogens (tertiary/aromatic N) is 3. The smallest absolute Gasteiger partial charge is 0.263 e. The van der Waals surface area contributed by atoms with Gasteiger partial charge < -0.3 is 9.64 Å². The van der Waals surface area contributed by atoms with Crippen LogP contribution < -0.4 is 10.5 Å². The van der Waals surface area contributed by atoms with Gasteiger partial charge in [0.2, 0.25) is 5.91 Å². The van der Waals surface area contributed by atoms with Crippen molar-refractivity contribution in [1.29, 1.82) is 0 Å². The number of thioether (sulfide) groups is 1. The molecule has 0 N–H and O–H groups in total. The lowest BCUT2D eigenvalue weighted by molar-refractivity contribution is -0.117. The molecule has 1 atom stereocenters. The van der Waals surface area contributed by atoms with Gasteiger partial charge in [0, 0.05) is 24.2 Å². The van der Waals surface area contributed by atoms with Crippen LogP contribution in [0.4, 0.5) is 5.69 Å². The van der Waals surface area contributed by atoms with Crippen molar-refractivity contribution >= 4 is 44.9 Å². The molecule has 2 heterocycles. The number of anilines is 1. The molecule has 8 heteroatoms. The van der Waals surface area contributed by atoms with Crippen molar-refractivity contribution in [3.63, 3.8) is 0 Å². The summed E-state index contributed by atoms with van der Waals surface area (Å²) in [7, 11) is 1.63. The van der Waals surface area contributed by atoms with Crippen LogP contribution in [0, 0.1) is 0 Å². The molecule has 170 valence electrons. The van der Waals surface area contributed by atoms with Crippen LogP contribution in [0.3, 0.4) is 0 Å². The molecule has 2 aromatic heterocycles. The van der Waals surface area contributed by atoms with E-state index >= 15 is 0 Å². The van der Waals surface area contributed by atoms with Gasteiger partial charge in [-0.2, -0.15) is 0 Å². The third-order valence-corrected chi connectivity index (χ3v) is 8.10. The maximum absolute atomic E-state index is 13.5. The Morgan fingerprint density at radius 3 is 2.75 bits per heavy atom. The Morgan fingerprint density at radius 1 is 1.28 bits per heavy atom. The van der Waals surface area contributed by atoms with E-state index in [-0.39, 0.29) is 16.7 Å². The normalized spacial score (nSPS) is 14.3. The molecule has 0 fully saturated rings. The number of benzene rings is 1. The van der Waals surface area contributed by atoms with Crippen molar-refractivity contribution in [2.45, 2.75) is 56.5 Å². The van der Waals surface area contributed by atoms with Gasteiger partial charge in [0.25, 0.3) is 5.56 Å². The lowest BCUT2D eigenvalue weighted by atomic mass is 9.97. The predicted molar refractivity (Wildman–Crippen MR) is 132 cm³/mol. The molecule has 0 saturated carbocycles. The van der Waals surface area contributed by atoms with Crippen molar-refractivity contribution in [3.05, 3.63) is 51.1 Å². The first-order valence-electron chi connectivity index (χ1n) is 11.1. The van der Waals surface area contributed by atoms with E-state index in [4.69, 9.17) is 9.72 Å². The Balaban J connectivity index is 1.69. The molecule has 0 radical (unpaired) electrons. The van der Waals surface area contributed by atoms with E-state index in [1.54, 1.807) is 27.9 Å². The summed E-state index contributed by atoms with van der Waals surface area (Å²) in [5.74, 6) is 0.00168. The molecule has 3 aromatic rings. The van der Waals surface area contributed by atoms with Crippen LogP contribution in [-0.4, -0.2) is 41.0 Å². The Hall–Kier alpha value is -2.16. The molecule has 0 bridgehead atoms. The summed E-state index contributed by atoms with van der Waals surface area (Å²) in [6.45, 7) is 5.27. The van der Waals surface area contributed by atoms with Crippen molar-refractivity contribution in [1.82, 2.24) is 9.55 Å². The second kappa shape index (κ2) is 10.2. The molecule has 4 rings (SSSR count). The van der Waals surface area contributed by atoms with E-state index < -0.39 is 0 Å². The number of rotatable bonds is 8. The SMILES string of the molecule is CCN(C(=O)[C@H](C)Sc1nc2sc3c(c2c(=O)n1CCOC)CCCC3)c1ccccc1. The minimum atomic E-state index is -0.386. The van der Waals surface area contributed by atoms with Gasteiger partial charge in [0.15, 0.2) is 5.16 Å². The van der Waals surface area contributed by atoms with Crippen molar-refractivity contribution in [2.75, 3.05) is 25.2 Å². The fraction of sp³-hybridized carbons (Fsp3) is 0.458. The highest BCUT2D eigenvalue weighted by Crippen LogP contribution is 2.35. The summed E-state index contributed by atoms with van der Waals surface area (Å²) in [6, 6.07) is 9.68. The van der Waals surface area contributed by atoms with Gasteiger partial charge in [-0.1, -0.05) is 30.0 Å². The fourth-order valence-electron chi connectivity index (χ4n) is 4.19. The lowest BCUT2D eigenvalue weighted by Gasteiger charge is -2.24. The van der Waals surface area contributed by atoms with Gasteiger partial charge in [0.1, 0.15) is 4.83 Å². The van der Waals surface area contributed by atoms with Crippen molar-refractivity contribution in [2.24, 2.45) is 0 Å². The molecule has 1 amide bonds. The summed E-state index contributed by atoms with van der Waals surface area (Å²) in [6.07, 6.45) is 4.25. The van der Waals surface area contributed by atoms with Gasteiger partial charge in [-0.05, 0) is 57.2 Å². The highest BCUT2D eigenvalue weighted by molar-refractivity contribution is 8.00. The van der Waals surface area contributed by atoms with Crippen molar-refractivity contribution < 1.29 is 9.53 Å². The number of ether oxygens (including phenoxy) is 1. The average molecular weight is 472 g/mol. The maximum atomic E-state index is 13.5. The Labute approximate surface area is 196 Å². The van der Waals surface area contributed by atoms with E-state index in [9.17, 15) is 9.59 Å².